The van der Waals surface area contributed by atoms with E-state index in [2.05, 4.69) is 20.8 Å². The first-order chi connectivity index (χ1) is 8.96. The lowest BCUT2D eigenvalue weighted by atomic mass is 10.3. The smallest absolute Gasteiger partial charge is 0.242 e. The Morgan fingerprint density at radius 2 is 1.79 bits per heavy atom. The first kappa shape index (κ1) is 14.8. The lowest BCUT2D eigenvalue weighted by Crippen LogP contribution is -2.27. The zero-order valence-corrected chi connectivity index (χ0v) is 13.6. The highest BCUT2D eigenvalue weighted by atomic mass is 79.9. The van der Waals surface area contributed by atoms with E-state index >= 15 is 0 Å². The van der Waals surface area contributed by atoms with E-state index in [1.165, 1.54) is 17.1 Å². The summed E-state index contributed by atoms with van der Waals surface area (Å²) in [5.74, 6) is 0. The van der Waals surface area contributed by atoms with Gasteiger partial charge < -0.3 is 4.90 Å². The van der Waals surface area contributed by atoms with Crippen LogP contribution in [0.5, 0.6) is 0 Å². The molecular weight excluding hydrogens is 328 g/mol. The number of alkyl halides is 1. The minimum Gasteiger partial charge on any atom is -0.368 e. The van der Waals surface area contributed by atoms with E-state index in [1.54, 1.807) is 26.2 Å². The third-order valence-electron chi connectivity index (χ3n) is 3.26. The van der Waals surface area contributed by atoms with Crippen molar-refractivity contribution in [2.45, 2.75) is 23.8 Å². The topological polar surface area (TPSA) is 40.6 Å². The van der Waals surface area contributed by atoms with E-state index in [0.29, 0.717) is 10.9 Å². The van der Waals surface area contributed by atoms with Gasteiger partial charge >= 0.3 is 0 Å². The van der Waals surface area contributed by atoms with Crippen LogP contribution in [0.15, 0.2) is 29.2 Å². The summed E-state index contributed by atoms with van der Waals surface area (Å²) < 4.78 is 25.2. The van der Waals surface area contributed by atoms with Crippen LogP contribution in [0.1, 0.15) is 12.8 Å². The van der Waals surface area contributed by atoms with Gasteiger partial charge in [0.15, 0.2) is 0 Å². The van der Waals surface area contributed by atoms with Crippen molar-refractivity contribution < 1.29 is 8.42 Å². The molecule has 0 spiro atoms. The number of benzene rings is 1. The van der Waals surface area contributed by atoms with Crippen molar-refractivity contribution in [1.82, 2.24) is 4.31 Å². The molecule has 0 atom stereocenters. The molecule has 1 aliphatic rings. The molecule has 0 aromatic heterocycles. The average molecular weight is 347 g/mol. The minimum absolute atomic E-state index is 0.343. The van der Waals surface area contributed by atoms with Crippen LogP contribution in [-0.4, -0.2) is 44.7 Å². The van der Waals surface area contributed by atoms with E-state index in [1.807, 2.05) is 12.1 Å². The highest BCUT2D eigenvalue weighted by Crippen LogP contribution is 2.32. The fraction of sp³-hybridized carbons (Fsp3) is 0.538. The van der Waals surface area contributed by atoms with E-state index in [0.717, 1.165) is 17.6 Å². The Bertz CT molecular complexity index is 524. The van der Waals surface area contributed by atoms with Crippen molar-refractivity contribution in [2.24, 2.45) is 0 Å². The second kappa shape index (κ2) is 5.81. The molecule has 0 amide bonds. The average Bonchev–Trinajstić information content (AvgIpc) is 3.20. The number of rotatable bonds is 6. The predicted molar refractivity (Wildman–Crippen MR) is 81.5 cm³/mol. The predicted octanol–water partition coefficient (Wildman–Crippen LogP) is 2.30. The zero-order valence-electron chi connectivity index (χ0n) is 11.2. The molecule has 0 aliphatic heterocycles. The van der Waals surface area contributed by atoms with Crippen molar-refractivity contribution >= 4 is 31.6 Å². The second-order valence-corrected chi connectivity index (χ2v) is 7.84. The number of halogens is 1. The van der Waals surface area contributed by atoms with Gasteiger partial charge in [-0.3, -0.25) is 0 Å². The summed E-state index contributed by atoms with van der Waals surface area (Å²) in [5, 5.41) is 0.918. The molecule has 0 saturated heterocycles. The van der Waals surface area contributed by atoms with Crippen LogP contribution in [0, 0.1) is 0 Å². The summed E-state index contributed by atoms with van der Waals surface area (Å²) in [5.41, 5.74) is 1.10. The molecule has 4 nitrogen and oxygen atoms in total. The standard InChI is InChI=1S/C13H19BrN2O2S/c1-15(2)19(17,18)13-7-5-12(6-8-13)16(10-9-14)11-3-4-11/h5-8,11H,3-4,9-10H2,1-2H3. The molecule has 2 rings (SSSR count). The molecule has 1 saturated carbocycles. The number of hydrogen-bond acceptors (Lipinski definition) is 3. The number of anilines is 1. The molecule has 1 fully saturated rings. The Labute approximate surface area is 123 Å². The summed E-state index contributed by atoms with van der Waals surface area (Å²) in [6, 6.07) is 7.80. The van der Waals surface area contributed by atoms with Gasteiger partial charge in [0.1, 0.15) is 0 Å². The summed E-state index contributed by atoms with van der Waals surface area (Å²) in [6.45, 7) is 0.949. The first-order valence-corrected chi connectivity index (χ1v) is 8.88. The molecule has 0 radical (unpaired) electrons. The van der Waals surface area contributed by atoms with Crippen LogP contribution in [0.25, 0.3) is 0 Å². The van der Waals surface area contributed by atoms with Gasteiger partial charge in [0.25, 0.3) is 0 Å². The van der Waals surface area contributed by atoms with E-state index in [4.69, 9.17) is 0 Å². The quantitative estimate of drug-likeness (QED) is 0.742. The Morgan fingerprint density at radius 3 is 2.21 bits per heavy atom. The molecule has 0 heterocycles. The molecule has 19 heavy (non-hydrogen) atoms. The summed E-state index contributed by atoms with van der Waals surface area (Å²) in [4.78, 5) is 2.68. The summed E-state index contributed by atoms with van der Waals surface area (Å²) >= 11 is 3.46. The van der Waals surface area contributed by atoms with Crippen molar-refractivity contribution in [3.05, 3.63) is 24.3 Å². The van der Waals surface area contributed by atoms with Gasteiger partial charge in [-0.25, -0.2) is 12.7 Å². The molecule has 0 N–H and O–H groups in total. The first-order valence-electron chi connectivity index (χ1n) is 6.32. The third-order valence-corrected chi connectivity index (χ3v) is 5.44. The molecule has 106 valence electrons. The number of sulfonamides is 1. The van der Waals surface area contributed by atoms with Gasteiger partial charge in [0.2, 0.25) is 10.0 Å². The van der Waals surface area contributed by atoms with E-state index < -0.39 is 10.0 Å². The molecule has 0 bridgehead atoms. The van der Waals surface area contributed by atoms with Crippen LogP contribution in [0.3, 0.4) is 0 Å². The van der Waals surface area contributed by atoms with Gasteiger partial charge in [-0.1, -0.05) is 15.9 Å². The molecule has 6 heteroatoms. The van der Waals surface area contributed by atoms with Crippen LogP contribution in [0.4, 0.5) is 5.69 Å². The van der Waals surface area contributed by atoms with Crippen molar-refractivity contribution in [3.8, 4) is 0 Å². The second-order valence-electron chi connectivity index (χ2n) is 4.89. The Kier molecular flexibility index (Phi) is 4.53. The van der Waals surface area contributed by atoms with Gasteiger partial charge in [-0.2, -0.15) is 0 Å². The van der Waals surface area contributed by atoms with Gasteiger partial charge in [-0.15, -0.1) is 0 Å². The van der Waals surface area contributed by atoms with Crippen molar-refractivity contribution in [1.29, 1.82) is 0 Å². The molecular formula is C13H19BrN2O2S. The monoisotopic (exact) mass is 346 g/mol. The molecule has 1 aromatic rings. The lowest BCUT2D eigenvalue weighted by molar-refractivity contribution is 0.521. The maximum atomic E-state index is 12.0. The van der Waals surface area contributed by atoms with Crippen LogP contribution in [0.2, 0.25) is 0 Å². The highest BCUT2D eigenvalue weighted by Gasteiger charge is 2.29. The molecule has 0 unspecified atom stereocenters. The van der Waals surface area contributed by atoms with Gasteiger partial charge in [0, 0.05) is 37.7 Å². The number of nitrogens with zero attached hydrogens (tertiary/aromatic N) is 2. The SMILES string of the molecule is CN(C)S(=O)(=O)c1ccc(N(CCBr)C2CC2)cc1. The minimum atomic E-state index is -3.33. The van der Waals surface area contributed by atoms with Crippen molar-refractivity contribution in [2.75, 3.05) is 30.9 Å². The summed E-state index contributed by atoms with van der Waals surface area (Å²) in [7, 11) is -0.238. The van der Waals surface area contributed by atoms with Crippen molar-refractivity contribution in [3.63, 3.8) is 0 Å². The number of hydrogen-bond donors (Lipinski definition) is 0. The molecule has 1 aliphatic carbocycles. The Hall–Kier alpha value is -0.590. The van der Waals surface area contributed by atoms with Crippen LogP contribution < -0.4 is 4.90 Å². The maximum Gasteiger partial charge on any atom is 0.242 e. The highest BCUT2D eigenvalue weighted by molar-refractivity contribution is 9.09. The fourth-order valence-corrected chi connectivity index (χ4v) is 3.30. The fourth-order valence-electron chi connectivity index (χ4n) is 2.02. The Balaban J connectivity index is 2.22. The normalized spacial score (nSPS) is 15.8. The van der Waals surface area contributed by atoms with E-state index in [9.17, 15) is 8.42 Å². The van der Waals surface area contributed by atoms with E-state index in [-0.39, 0.29) is 0 Å². The van der Waals surface area contributed by atoms with Gasteiger partial charge in [0.05, 0.1) is 4.90 Å². The largest absolute Gasteiger partial charge is 0.368 e. The third kappa shape index (κ3) is 3.30. The lowest BCUT2D eigenvalue weighted by Gasteiger charge is -2.24. The zero-order chi connectivity index (χ0) is 14.0. The Morgan fingerprint density at radius 1 is 1.21 bits per heavy atom. The van der Waals surface area contributed by atoms with Gasteiger partial charge in [-0.05, 0) is 37.1 Å². The molecule has 1 aromatic carbocycles. The van der Waals surface area contributed by atoms with Crippen LogP contribution >= 0.6 is 15.9 Å². The summed E-state index contributed by atoms with van der Waals surface area (Å²) in [6.07, 6.45) is 2.45. The maximum absolute atomic E-state index is 12.0. The van der Waals surface area contributed by atoms with Crippen LogP contribution in [-0.2, 0) is 10.0 Å².